The second kappa shape index (κ2) is 10.9. The van der Waals surface area contributed by atoms with Crippen molar-refractivity contribution in [2.45, 2.75) is 25.3 Å². The second-order valence-corrected chi connectivity index (χ2v) is 8.31. The standard InChI is InChI=1S/C21H25FN2O6S/c1-4-24(5-2)31(27,28)19-12-15(10-11-17(19)22)21(26)30-14-20(25)23-13-16-8-6-7-9-18(16)29-3/h6-12H,4-5,13-14H2,1-3H3,(H,23,25). The van der Waals surface area contributed by atoms with Crippen LogP contribution in [0.15, 0.2) is 47.4 Å². The second-order valence-electron chi connectivity index (χ2n) is 6.40. The number of methoxy groups -OCH3 is 1. The fourth-order valence-corrected chi connectivity index (χ4v) is 4.39. The number of ether oxygens (including phenoxy) is 2. The van der Waals surface area contributed by atoms with E-state index in [0.717, 1.165) is 28.1 Å². The SMILES string of the molecule is CCN(CC)S(=O)(=O)c1cc(C(=O)OCC(=O)NCc2ccccc2OC)ccc1F. The van der Waals surface area contributed by atoms with Crippen LogP contribution in [0.1, 0.15) is 29.8 Å². The third kappa shape index (κ3) is 6.02. The van der Waals surface area contributed by atoms with Crippen LogP contribution in [0, 0.1) is 5.82 Å². The minimum atomic E-state index is -4.11. The number of sulfonamides is 1. The summed E-state index contributed by atoms with van der Waals surface area (Å²) in [6.45, 7) is 3.15. The molecule has 0 heterocycles. The minimum Gasteiger partial charge on any atom is -0.496 e. The Bertz CT molecular complexity index is 1040. The van der Waals surface area contributed by atoms with E-state index in [2.05, 4.69) is 5.32 Å². The van der Waals surface area contributed by atoms with Gasteiger partial charge < -0.3 is 14.8 Å². The van der Waals surface area contributed by atoms with Gasteiger partial charge in [-0.1, -0.05) is 32.0 Å². The van der Waals surface area contributed by atoms with E-state index in [0.29, 0.717) is 5.75 Å². The molecule has 168 valence electrons. The molecule has 0 radical (unpaired) electrons. The summed E-state index contributed by atoms with van der Waals surface area (Å²) < 4.78 is 50.6. The Morgan fingerprint density at radius 2 is 1.77 bits per heavy atom. The predicted molar refractivity (Wildman–Crippen MR) is 112 cm³/mol. The lowest BCUT2D eigenvalue weighted by Gasteiger charge is -2.19. The lowest BCUT2D eigenvalue weighted by Crippen LogP contribution is -2.31. The number of hydrogen-bond acceptors (Lipinski definition) is 6. The van der Waals surface area contributed by atoms with Gasteiger partial charge in [-0.05, 0) is 24.3 Å². The third-order valence-corrected chi connectivity index (χ3v) is 6.56. The van der Waals surface area contributed by atoms with Crippen LogP contribution in [0.2, 0.25) is 0 Å². The molecule has 2 aromatic carbocycles. The van der Waals surface area contributed by atoms with Crippen molar-refractivity contribution in [3.8, 4) is 5.75 Å². The molecule has 0 saturated carbocycles. The summed E-state index contributed by atoms with van der Waals surface area (Å²) in [5.41, 5.74) is 0.569. The number of benzene rings is 2. The van der Waals surface area contributed by atoms with Gasteiger partial charge in [-0.25, -0.2) is 17.6 Å². The van der Waals surface area contributed by atoms with Crippen LogP contribution in [-0.2, 0) is 26.1 Å². The van der Waals surface area contributed by atoms with E-state index in [1.165, 1.54) is 7.11 Å². The highest BCUT2D eigenvalue weighted by Crippen LogP contribution is 2.21. The fraction of sp³-hybridized carbons (Fsp3) is 0.333. The van der Waals surface area contributed by atoms with Crippen LogP contribution in [0.3, 0.4) is 0 Å². The maximum Gasteiger partial charge on any atom is 0.338 e. The number of carbonyl (C=O) groups excluding carboxylic acids is 2. The normalized spacial score (nSPS) is 11.3. The van der Waals surface area contributed by atoms with E-state index in [9.17, 15) is 22.4 Å². The van der Waals surface area contributed by atoms with Crippen LogP contribution < -0.4 is 10.1 Å². The summed E-state index contributed by atoms with van der Waals surface area (Å²) in [4.78, 5) is 23.7. The van der Waals surface area contributed by atoms with Gasteiger partial charge in [0.05, 0.1) is 12.7 Å². The van der Waals surface area contributed by atoms with Crippen molar-refractivity contribution < 1.29 is 31.9 Å². The smallest absolute Gasteiger partial charge is 0.338 e. The molecule has 0 atom stereocenters. The quantitative estimate of drug-likeness (QED) is 0.555. The fourth-order valence-electron chi connectivity index (χ4n) is 2.84. The first-order valence-electron chi connectivity index (χ1n) is 9.60. The first-order chi connectivity index (χ1) is 14.7. The van der Waals surface area contributed by atoms with Gasteiger partial charge in [0.25, 0.3) is 5.91 Å². The Hall–Kier alpha value is -2.98. The number of rotatable bonds is 10. The third-order valence-electron chi connectivity index (χ3n) is 4.49. The van der Waals surface area contributed by atoms with Gasteiger partial charge in [0.15, 0.2) is 6.61 Å². The Morgan fingerprint density at radius 3 is 2.42 bits per heavy atom. The first kappa shape index (κ1) is 24.3. The Kier molecular flexibility index (Phi) is 8.52. The number of para-hydroxylation sites is 1. The average Bonchev–Trinajstić information content (AvgIpc) is 2.76. The van der Waals surface area contributed by atoms with Crippen LogP contribution >= 0.6 is 0 Å². The molecule has 0 aliphatic heterocycles. The zero-order valence-electron chi connectivity index (χ0n) is 17.6. The number of amides is 1. The van der Waals surface area contributed by atoms with Gasteiger partial charge in [0.1, 0.15) is 16.5 Å². The topological polar surface area (TPSA) is 102 Å². The van der Waals surface area contributed by atoms with Crippen molar-refractivity contribution in [2.24, 2.45) is 0 Å². The summed E-state index contributed by atoms with van der Waals surface area (Å²) in [6, 6.07) is 10.0. The average molecular weight is 453 g/mol. The van der Waals surface area contributed by atoms with Crippen LogP contribution in [0.5, 0.6) is 5.75 Å². The molecule has 0 saturated heterocycles. The molecule has 0 aromatic heterocycles. The number of esters is 1. The molecule has 1 amide bonds. The van der Waals surface area contributed by atoms with Crippen LogP contribution in [0.4, 0.5) is 4.39 Å². The summed E-state index contributed by atoms with van der Waals surface area (Å²) in [5.74, 6) is -1.87. The summed E-state index contributed by atoms with van der Waals surface area (Å²) in [7, 11) is -2.59. The van der Waals surface area contributed by atoms with Crippen molar-refractivity contribution in [3.05, 3.63) is 59.4 Å². The molecule has 2 aromatic rings. The number of hydrogen-bond donors (Lipinski definition) is 1. The molecule has 0 spiro atoms. The van der Waals surface area contributed by atoms with Crippen molar-refractivity contribution in [2.75, 3.05) is 26.8 Å². The summed E-state index contributed by atoms with van der Waals surface area (Å²) in [6.07, 6.45) is 0. The molecule has 8 nitrogen and oxygen atoms in total. The van der Waals surface area contributed by atoms with E-state index in [-0.39, 0.29) is 25.2 Å². The van der Waals surface area contributed by atoms with E-state index in [4.69, 9.17) is 9.47 Å². The van der Waals surface area contributed by atoms with Gasteiger partial charge in [-0.2, -0.15) is 4.31 Å². The van der Waals surface area contributed by atoms with Gasteiger partial charge in [-0.15, -0.1) is 0 Å². The lowest BCUT2D eigenvalue weighted by molar-refractivity contribution is -0.124. The molecular formula is C21H25FN2O6S. The van der Waals surface area contributed by atoms with E-state index < -0.39 is 39.2 Å². The van der Waals surface area contributed by atoms with Gasteiger partial charge >= 0.3 is 5.97 Å². The number of nitrogens with zero attached hydrogens (tertiary/aromatic N) is 1. The van der Waals surface area contributed by atoms with Crippen molar-refractivity contribution in [1.82, 2.24) is 9.62 Å². The van der Waals surface area contributed by atoms with Crippen LogP contribution in [0.25, 0.3) is 0 Å². The maximum atomic E-state index is 14.2. The van der Waals surface area contributed by atoms with Crippen molar-refractivity contribution >= 4 is 21.9 Å². The Labute approximate surface area is 181 Å². The summed E-state index contributed by atoms with van der Waals surface area (Å²) in [5, 5.41) is 2.60. The van der Waals surface area contributed by atoms with E-state index >= 15 is 0 Å². The van der Waals surface area contributed by atoms with Crippen molar-refractivity contribution in [1.29, 1.82) is 0 Å². The molecule has 2 rings (SSSR count). The van der Waals surface area contributed by atoms with Crippen LogP contribution in [-0.4, -0.2) is 51.4 Å². The van der Waals surface area contributed by atoms with E-state index in [1.54, 1.807) is 38.1 Å². The van der Waals surface area contributed by atoms with Gasteiger partial charge in [0, 0.05) is 25.2 Å². The highest BCUT2D eigenvalue weighted by Gasteiger charge is 2.26. The van der Waals surface area contributed by atoms with Gasteiger partial charge in [0.2, 0.25) is 10.0 Å². The molecule has 0 aliphatic rings. The molecule has 31 heavy (non-hydrogen) atoms. The van der Waals surface area contributed by atoms with E-state index in [1.807, 2.05) is 0 Å². The summed E-state index contributed by atoms with van der Waals surface area (Å²) >= 11 is 0. The first-order valence-corrected chi connectivity index (χ1v) is 11.0. The predicted octanol–water partition coefficient (Wildman–Crippen LogP) is 2.34. The number of nitrogens with one attached hydrogen (secondary N) is 1. The Balaban J connectivity index is 2.03. The number of carbonyl (C=O) groups is 2. The Morgan fingerprint density at radius 1 is 1.10 bits per heavy atom. The highest BCUT2D eigenvalue weighted by molar-refractivity contribution is 7.89. The largest absolute Gasteiger partial charge is 0.496 e. The minimum absolute atomic E-state index is 0.152. The molecule has 0 fully saturated rings. The molecular weight excluding hydrogens is 427 g/mol. The van der Waals surface area contributed by atoms with Gasteiger partial charge in [-0.3, -0.25) is 4.79 Å². The molecule has 0 bridgehead atoms. The maximum absolute atomic E-state index is 14.2. The molecule has 1 N–H and O–H groups in total. The zero-order valence-corrected chi connectivity index (χ0v) is 18.4. The highest BCUT2D eigenvalue weighted by atomic mass is 32.2. The monoisotopic (exact) mass is 452 g/mol. The zero-order chi connectivity index (χ0) is 23.0. The number of halogens is 1. The molecule has 10 heteroatoms. The molecule has 0 unspecified atom stereocenters. The lowest BCUT2D eigenvalue weighted by atomic mass is 10.2. The van der Waals surface area contributed by atoms with Crippen molar-refractivity contribution in [3.63, 3.8) is 0 Å². The molecule has 0 aliphatic carbocycles.